The van der Waals surface area contributed by atoms with Gasteiger partial charge in [-0.15, -0.1) is 0 Å². The molecular formula is C24H19N. The fourth-order valence-electron chi connectivity index (χ4n) is 4.13. The highest BCUT2D eigenvalue weighted by atomic mass is 14.7. The van der Waals surface area contributed by atoms with Crippen LogP contribution in [0.25, 0.3) is 43.2 Å². The van der Waals surface area contributed by atoms with Gasteiger partial charge in [0, 0.05) is 21.9 Å². The van der Waals surface area contributed by atoms with Crippen molar-refractivity contribution in [3.8, 4) is 0 Å². The molecule has 0 bridgehead atoms. The van der Waals surface area contributed by atoms with Crippen LogP contribution in [0.2, 0.25) is 0 Å². The van der Waals surface area contributed by atoms with E-state index in [4.69, 9.17) is 4.98 Å². The Labute approximate surface area is 146 Å². The summed E-state index contributed by atoms with van der Waals surface area (Å²) in [6.07, 6.45) is 1.03. The topological polar surface area (TPSA) is 12.9 Å². The molecule has 1 nitrogen and oxygen atoms in total. The van der Waals surface area contributed by atoms with Crippen molar-refractivity contribution in [2.75, 3.05) is 0 Å². The van der Waals surface area contributed by atoms with Gasteiger partial charge >= 0.3 is 0 Å². The maximum atomic E-state index is 4.97. The molecule has 5 rings (SSSR count). The van der Waals surface area contributed by atoms with E-state index in [-0.39, 0.29) is 0 Å². The SMILES string of the molecule is CCc1ccc2c(c1)nc(C)c1c3ccccc3c3ccccc3c21. The van der Waals surface area contributed by atoms with Gasteiger partial charge in [0.25, 0.3) is 0 Å². The van der Waals surface area contributed by atoms with Gasteiger partial charge in [-0.1, -0.05) is 67.6 Å². The molecule has 0 aliphatic carbocycles. The predicted molar refractivity (Wildman–Crippen MR) is 108 cm³/mol. The third-order valence-electron chi connectivity index (χ3n) is 5.32. The first-order valence-electron chi connectivity index (χ1n) is 8.90. The maximum Gasteiger partial charge on any atom is 0.0714 e. The van der Waals surface area contributed by atoms with E-state index < -0.39 is 0 Å². The summed E-state index contributed by atoms with van der Waals surface area (Å²) in [5.74, 6) is 0. The molecule has 0 amide bonds. The van der Waals surface area contributed by atoms with Crippen molar-refractivity contribution in [2.45, 2.75) is 20.3 Å². The zero-order valence-corrected chi connectivity index (χ0v) is 14.5. The van der Waals surface area contributed by atoms with Crippen LogP contribution < -0.4 is 0 Å². The number of fused-ring (bicyclic) bond motifs is 8. The standard InChI is InChI=1S/C24H19N/c1-3-16-12-13-21-22(14-16)25-15(2)23-19-10-6-4-8-17(19)18-9-5-7-11-20(18)24(21)23/h4-14H,3H2,1-2H3. The summed E-state index contributed by atoms with van der Waals surface area (Å²) < 4.78 is 0. The number of rotatable bonds is 1. The minimum atomic E-state index is 1.03. The third kappa shape index (κ3) is 1.99. The molecule has 1 aromatic heterocycles. The lowest BCUT2D eigenvalue weighted by atomic mass is 9.91. The van der Waals surface area contributed by atoms with Crippen molar-refractivity contribution in [2.24, 2.45) is 0 Å². The van der Waals surface area contributed by atoms with Gasteiger partial charge in [0.1, 0.15) is 0 Å². The Hall–Kier alpha value is -2.93. The highest BCUT2D eigenvalue weighted by molar-refractivity contribution is 6.31. The van der Waals surface area contributed by atoms with E-state index >= 15 is 0 Å². The summed E-state index contributed by atoms with van der Waals surface area (Å²) in [5.41, 5.74) is 3.55. The fourth-order valence-corrected chi connectivity index (χ4v) is 4.13. The molecule has 0 aliphatic heterocycles. The molecule has 0 saturated carbocycles. The Morgan fingerprint density at radius 1 is 0.680 bits per heavy atom. The smallest absolute Gasteiger partial charge is 0.0714 e. The molecule has 0 fully saturated rings. The molecule has 0 atom stereocenters. The van der Waals surface area contributed by atoms with Crippen molar-refractivity contribution in [3.05, 3.63) is 78.0 Å². The first-order chi connectivity index (χ1) is 12.3. The molecule has 25 heavy (non-hydrogen) atoms. The maximum absolute atomic E-state index is 4.97. The van der Waals surface area contributed by atoms with Gasteiger partial charge in [-0.25, -0.2) is 0 Å². The summed E-state index contributed by atoms with van der Waals surface area (Å²) in [7, 11) is 0. The molecule has 1 heterocycles. The van der Waals surface area contributed by atoms with Crippen molar-refractivity contribution >= 4 is 43.2 Å². The second-order valence-corrected chi connectivity index (χ2v) is 6.74. The summed E-state index contributed by atoms with van der Waals surface area (Å²) in [5, 5.41) is 9.10. The molecule has 0 radical (unpaired) electrons. The van der Waals surface area contributed by atoms with Gasteiger partial charge in [-0.2, -0.15) is 0 Å². The molecule has 1 heteroatoms. The quantitative estimate of drug-likeness (QED) is 0.318. The zero-order valence-electron chi connectivity index (χ0n) is 14.5. The molecule has 0 saturated heterocycles. The van der Waals surface area contributed by atoms with E-state index in [0.29, 0.717) is 0 Å². The largest absolute Gasteiger partial charge is 0.252 e. The van der Waals surface area contributed by atoms with Crippen LogP contribution in [-0.4, -0.2) is 4.98 Å². The first kappa shape index (κ1) is 14.4. The van der Waals surface area contributed by atoms with E-state index in [2.05, 4.69) is 80.6 Å². The van der Waals surface area contributed by atoms with Crippen LogP contribution in [0.1, 0.15) is 18.2 Å². The number of aromatic nitrogens is 1. The Balaban J connectivity index is 2.16. The van der Waals surface area contributed by atoms with Crippen molar-refractivity contribution in [3.63, 3.8) is 0 Å². The van der Waals surface area contributed by atoms with E-state index in [1.54, 1.807) is 0 Å². The van der Waals surface area contributed by atoms with E-state index in [9.17, 15) is 0 Å². The minimum absolute atomic E-state index is 1.03. The second-order valence-electron chi connectivity index (χ2n) is 6.74. The van der Waals surface area contributed by atoms with Crippen LogP contribution in [-0.2, 0) is 6.42 Å². The van der Waals surface area contributed by atoms with Gasteiger partial charge < -0.3 is 0 Å². The van der Waals surface area contributed by atoms with Crippen LogP contribution >= 0.6 is 0 Å². The minimum Gasteiger partial charge on any atom is -0.252 e. The van der Waals surface area contributed by atoms with Gasteiger partial charge in [0.15, 0.2) is 0 Å². The molecule has 5 aromatic rings. The van der Waals surface area contributed by atoms with Gasteiger partial charge in [-0.05, 0) is 46.5 Å². The zero-order chi connectivity index (χ0) is 17.0. The van der Waals surface area contributed by atoms with Crippen molar-refractivity contribution in [1.82, 2.24) is 4.98 Å². The Kier molecular flexibility index (Phi) is 3.05. The van der Waals surface area contributed by atoms with E-state index in [1.807, 2.05) is 0 Å². The Morgan fingerprint density at radius 2 is 1.28 bits per heavy atom. The number of hydrogen-bond acceptors (Lipinski definition) is 1. The molecule has 0 spiro atoms. The molecule has 0 unspecified atom stereocenters. The molecule has 0 N–H and O–H groups in total. The summed E-state index contributed by atoms with van der Waals surface area (Å²) in [6, 6.07) is 24.2. The summed E-state index contributed by atoms with van der Waals surface area (Å²) in [6.45, 7) is 4.33. The van der Waals surface area contributed by atoms with Crippen LogP contribution in [0.5, 0.6) is 0 Å². The predicted octanol–water partition coefficient (Wildman–Crippen LogP) is 6.57. The van der Waals surface area contributed by atoms with Crippen molar-refractivity contribution in [1.29, 1.82) is 0 Å². The van der Waals surface area contributed by atoms with E-state index in [0.717, 1.165) is 17.6 Å². The normalized spacial score (nSPS) is 11.8. The van der Waals surface area contributed by atoms with Gasteiger partial charge in [0.2, 0.25) is 0 Å². The number of benzene rings is 4. The lowest BCUT2D eigenvalue weighted by Gasteiger charge is -2.14. The molecule has 0 aliphatic rings. The molecule has 4 aromatic carbocycles. The molecular weight excluding hydrogens is 302 g/mol. The van der Waals surface area contributed by atoms with E-state index in [1.165, 1.54) is 43.3 Å². The number of hydrogen-bond donors (Lipinski definition) is 0. The van der Waals surface area contributed by atoms with Crippen LogP contribution in [0.15, 0.2) is 66.7 Å². The monoisotopic (exact) mass is 321 g/mol. The lowest BCUT2D eigenvalue weighted by molar-refractivity contribution is 1.14. The highest BCUT2D eigenvalue weighted by Gasteiger charge is 2.14. The molecule has 120 valence electrons. The highest BCUT2D eigenvalue weighted by Crippen LogP contribution is 2.39. The lowest BCUT2D eigenvalue weighted by Crippen LogP contribution is -1.92. The number of pyridine rings is 1. The third-order valence-corrected chi connectivity index (χ3v) is 5.32. The fraction of sp³-hybridized carbons (Fsp3) is 0.125. The van der Waals surface area contributed by atoms with Crippen LogP contribution in [0, 0.1) is 6.92 Å². The van der Waals surface area contributed by atoms with Crippen LogP contribution in [0.4, 0.5) is 0 Å². The summed E-state index contributed by atoms with van der Waals surface area (Å²) >= 11 is 0. The van der Waals surface area contributed by atoms with Crippen molar-refractivity contribution < 1.29 is 0 Å². The Morgan fingerprint density at radius 3 is 1.92 bits per heavy atom. The second kappa shape index (κ2) is 5.29. The van der Waals surface area contributed by atoms with Gasteiger partial charge in [-0.3, -0.25) is 4.98 Å². The average molecular weight is 321 g/mol. The summed E-state index contributed by atoms with van der Waals surface area (Å²) in [4.78, 5) is 4.97. The number of aryl methyl sites for hydroxylation is 2. The number of nitrogens with zero attached hydrogens (tertiary/aromatic N) is 1. The first-order valence-corrected chi connectivity index (χ1v) is 8.90. The van der Waals surface area contributed by atoms with Crippen LogP contribution in [0.3, 0.4) is 0 Å². The Bertz CT molecular complexity index is 1280. The average Bonchev–Trinajstić information content (AvgIpc) is 2.67. The van der Waals surface area contributed by atoms with Gasteiger partial charge in [0.05, 0.1) is 5.52 Å².